The van der Waals surface area contributed by atoms with Crippen LogP contribution >= 0.6 is 0 Å². The SMILES string of the molecule is N#CC1=C(N)Oc2c(c(C(F)(F)F)nn2-c2ccccc2)C1c1ccc(F)cc1. The molecule has 1 atom stereocenters. The van der Waals surface area contributed by atoms with E-state index in [0.29, 0.717) is 5.69 Å². The average molecular weight is 400 g/mol. The summed E-state index contributed by atoms with van der Waals surface area (Å²) < 4.78 is 61.4. The molecule has 0 saturated heterocycles. The van der Waals surface area contributed by atoms with E-state index in [1.165, 1.54) is 12.1 Å². The lowest BCUT2D eigenvalue weighted by atomic mass is 9.84. The van der Waals surface area contributed by atoms with Crippen LogP contribution in [0.2, 0.25) is 0 Å². The molecule has 29 heavy (non-hydrogen) atoms. The average Bonchev–Trinajstić information content (AvgIpc) is 3.08. The van der Waals surface area contributed by atoms with Gasteiger partial charge in [-0.1, -0.05) is 30.3 Å². The quantitative estimate of drug-likeness (QED) is 0.653. The number of aromatic nitrogens is 2. The second-order valence-electron chi connectivity index (χ2n) is 6.29. The minimum atomic E-state index is -4.82. The van der Waals surface area contributed by atoms with Crippen LogP contribution in [-0.2, 0) is 6.18 Å². The molecular formula is C20H12F4N4O. The molecule has 5 nitrogen and oxygen atoms in total. The summed E-state index contributed by atoms with van der Waals surface area (Å²) in [7, 11) is 0. The lowest BCUT2D eigenvalue weighted by molar-refractivity contribution is -0.142. The summed E-state index contributed by atoms with van der Waals surface area (Å²) in [6, 6.07) is 14.7. The van der Waals surface area contributed by atoms with Gasteiger partial charge in [-0.25, -0.2) is 4.39 Å². The van der Waals surface area contributed by atoms with Gasteiger partial charge < -0.3 is 10.5 Å². The molecule has 1 aliphatic rings. The lowest BCUT2D eigenvalue weighted by Gasteiger charge is -2.25. The fourth-order valence-corrected chi connectivity index (χ4v) is 3.28. The fraction of sp³-hybridized carbons (Fsp3) is 0.100. The normalized spacial score (nSPS) is 16.2. The van der Waals surface area contributed by atoms with Crippen LogP contribution < -0.4 is 10.5 Å². The van der Waals surface area contributed by atoms with Gasteiger partial charge in [0.2, 0.25) is 11.8 Å². The van der Waals surface area contributed by atoms with Crippen LogP contribution in [0.1, 0.15) is 22.7 Å². The van der Waals surface area contributed by atoms with Gasteiger partial charge in [0.1, 0.15) is 17.5 Å². The summed E-state index contributed by atoms with van der Waals surface area (Å²) in [5, 5.41) is 13.3. The highest BCUT2D eigenvalue weighted by atomic mass is 19.4. The standard InChI is InChI=1S/C20H12F4N4O/c21-12-8-6-11(7-9-12)15-14(10-25)18(26)29-19-16(15)17(20(22,23)24)27-28(19)13-4-2-1-3-5-13/h1-9,15H,26H2. The maximum atomic E-state index is 13.9. The number of rotatable bonds is 2. The first-order chi connectivity index (χ1) is 13.8. The second kappa shape index (κ2) is 6.67. The van der Waals surface area contributed by atoms with Crippen LogP contribution in [0.25, 0.3) is 5.69 Å². The zero-order valence-electron chi connectivity index (χ0n) is 14.6. The molecule has 4 rings (SSSR count). The second-order valence-corrected chi connectivity index (χ2v) is 6.29. The number of ether oxygens (including phenoxy) is 1. The summed E-state index contributed by atoms with van der Waals surface area (Å²) >= 11 is 0. The molecule has 0 amide bonds. The third-order valence-corrected chi connectivity index (χ3v) is 4.52. The van der Waals surface area contributed by atoms with E-state index in [-0.39, 0.29) is 28.5 Å². The highest BCUT2D eigenvalue weighted by Gasteiger charge is 2.46. The first-order valence-corrected chi connectivity index (χ1v) is 8.40. The summed E-state index contributed by atoms with van der Waals surface area (Å²) in [6.07, 6.45) is -4.82. The molecule has 3 aromatic rings. The minimum absolute atomic E-state index is 0.206. The van der Waals surface area contributed by atoms with Crippen molar-refractivity contribution in [1.82, 2.24) is 9.78 Å². The molecule has 9 heteroatoms. The van der Waals surface area contributed by atoms with Crippen molar-refractivity contribution in [1.29, 1.82) is 5.26 Å². The van der Waals surface area contributed by atoms with Crippen molar-refractivity contribution >= 4 is 0 Å². The Morgan fingerprint density at radius 2 is 1.72 bits per heavy atom. The van der Waals surface area contributed by atoms with E-state index in [2.05, 4.69) is 5.10 Å². The van der Waals surface area contributed by atoms with Gasteiger partial charge in [0.05, 0.1) is 17.2 Å². The fourth-order valence-electron chi connectivity index (χ4n) is 3.28. The van der Waals surface area contributed by atoms with Crippen molar-refractivity contribution < 1.29 is 22.3 Å². The minimum Gasteiger partial charge on any atom is -0.422 e. The van der Waals surface area contributed by atoms with Gasteiger partial charge in [0.25, 0.3) is 0 Å². The molecule has 0 saturated carbocycles. The number of benzene rings is 2. The van der Waals surface area contributed by atoms with E-state index in [9.17, 15) is 22.8 Å². The van der Waals surface area contributed by atoms with Crippen molar-refractivity contribution in [2.24, 2.45) is 5.73 Å². The number of nitriles is 1. The van der Waals surface area contributed by atoms with Crippen molar-refractivity contribution in [3.63, 3.8) is 0 Å². The summed E-state index contributed by atoms with van der Waals surface area (Å²) in [5.41, 5.74) is 4.69. The van der Waals surface area contributed by atoms with Gasteiger partial charge in [-0.2, -0.15) is 28.2 Å². The molecule has 146 valence electrons. The van der Waals surface area contributed by atoms with Gasteiger partial charge in [-0.15, -0.1) is 0 Å². The molecule has 1 aliphatic heterocycles. The summed E-state index contributed by atoms with van der Waals surface area (Å²) in [5.74, 6) is -2.35. The zero-order valence-corrected chi connectivity index (χ0v) is 14.6. The Kier molecular flexibility index (Phi) is 4.27. The molecular weight excluding hydrogens is 388 g/mol. The zero-order chi connectivity index (χ0) is 20.8. The summed E-state index contributed by atoms with van der Waals surface area (Å²) in [4.78, 5) is 0. The topological polar surface area (TPSA) is 76.9 Å². The van der Waals surface area contributed by atoms with Gasteiger partial charge >= 0.3 is 6.18 Å². The van der Waals surface area contributed by atoms with E-state index < -0.39 is 23.6 Å². The molecule has 2 aromatic carbocycles. The highest BCUT2D eigenvalue weighted by Crippen LogP contribution is 2.48. The van der Waals surface area contributed by atoms with E-state index in [1.807, 2.05) is 6.07 Å². The van der Waals surface area contributed by atoms with E-state index in [0.717, 1.165) is 16.8 Å². The van der Waals surface area contributed by atoms with E-state index in [4.69, 9.17) is 10.5 Å². The van der Waals surface area contributed by atoms with Crippen molar-refractivity contribution in [3.8, 4) is 17.6 Å². The number of fused-ring (bicyclic) bond motifs is 1. The Hall–Kier alpha value is -3.80. The first-order valence-electron chi connectivity index (χ1n) is 8.40. The van der Waals surface area contributed by atoms with Gasteiger partial charge in [-0.05, 0) is 29.8 Å². The Morgan fingerprint density at radius 3 is 2.31 bits per heavy atom. The van der Waals surface area contributed by atoms with Crippen LogP contribution in [0.3, 0.4) is 0 Å². The molecule has 0 aliphatic carbocycles. The largest absolute Gasteiger partial charge is 0.435 e. The predicted octanol–water partition coefficient (Wildman–Crippen LogP) is 4.25. The predicted molar refractivity (Wildman–Crippen MR) is 94.3 cm³/mol. The van der Waals surface area contributed by atoms with Gasteiger partial charge in [0, 0.05) is 0 Å². The van der Waals surface area contributed by atoms with Crippen LogP contribution in [0.5, 0.6) is 5.88 Å². The number of hydrogen-bond acceptors (Lipinski definition) is 4. The first kappa shape index (κ1) is 18.6. The van der Waals surface area contributed by atoms with E-state index in [1.54, 1.807) is 30.3 Å². The Bertz CT molecular complexity index is 1140. The van der Waals surface area contributed by atoms with Crippen LogP contribution in [0.4, 0.5) is 17.6 Å². The monoisotopic (exact) mass is 400 g/mol. The van der Waals surface area contributed by atoms with Gasteiger partial charge in [-0.3, -0.25) is 0 Å². The maximum Gasteiger partial charge on any atom is 0.435 e. The third-order valence-electron chi connectivity index (χ3n) is 4.52. The molecule has 1 aromatic heterocycles. The molecule has 1 unspecified atom stereocenters. The number of hydrogen-bond donors (Lipinski definition) is 1. The Morgan fingerprint density at radius 1 is 1.07 bits per heavy atom. The third kappa shape index (κ3) is 3.08. The van der Waals surface area contributed by atoms with Gasteiger partial charge in [0.15, 0.2) is 5.69 Å². The molecule has 2 N–H and O–H groups in total. The molecule has 2 heterocycles. The van der Waals surface area contributed by atoms with Crippen molar-refractivity contribution in [3.05, 3.63) is 88.7 Å². The summed E-state index contributed by atoms with van der Waals surface area (Å²) in [6.45, 7) is 0. The van der Waals surface area contributed by atoms with Crippen LogP contribution in [-0.4, -0.2) is 9.78 Å². The number of nitrogens with two attached hydrogens (primary N) is 1. The van der Waals surface area contributed by atoms with Crippen LogP contribution in [0.15, 0.2) is 66.1 Å². The number of nitrogens with zero attached hydrogens (tertiary/aromatic N) is 3. The van der Waals surface area contributed by atoms with Crippen molar-refractivity contribution in [2.45, 2.75) is 12.1 Å². The maximum absolute atomic E-state index is 13.9. The number of alkyl halides is 3. The molecule has 0 fully saturated rings. The molecule has 0 spiro atoms. The number of para-hydroxylation sites is 1. The van der Waals surface area contributed by atoms with Crippen LogP contribution in [0, 0.1) is 17.1 Å². The number of allylic oxidation sites excluding steroid dienone is 1. The number of halogens is 4. The molecule has 0 bridgehead atoms. The Balaban J connectivity index is 2.04. The Labute approximate surface area is 162 Å². The van der Waals surface area contributed by atoms with E-state index >= 15 is 0 Å². The smallest absolute Gasteiger partial charge is 0.422 e. The lowest BCUT2D eigenvalue weighted by Crippen LogP contribution is -2.23. The molecule has 0 radical (unpaired) electrons. The highest BCUT2D eigenvalue weighted by molar-refractivity contribution is 5.57. The van der Waals surface area contributed by atoms with Crippen molar-refractivity contribution in [2.75, 3.05) is 0 Å².